The number of ether oxygens (including phenoxy) is 1. The molecule has 0 aromatic heterocycles. The van der Waals surface area contributed by atoms with Crippen molar-refractivity contribution >= 4 is 17.7 Å². The van der Waals surface area contributed by atoms with Gasteiger partial charge < -0.3 is 15.2 Å². The molecule has 2 rings (SSSR count). The highest BCUT2D eigenvalue weighted by Gasteiger charge is 2.25. The Morgan fingerprint density at radius 2 is 2.36 bits per heavy atom. The molecule has 1 heterocycles. The first kappa shape index (κ1) is 9.15. The number of carbonyl (C=O) groups excluding carboxylic acids is 1. The molecule has 4 nitrogen and oxygen atoms in total. The van der Waals surface area contributed by atoms with Crippen molar-refractivity contribution in [3.63, 3.8) is 0 Å². The van der Waals surface area contributed by atoms with E-state index in [-0.39, 0.29) is 18.4 Å². The third-order valence-electron chi connectivity index (χ3n) is 2.04. The quantitative estimate of drug-likeness (QED) is 0.748. The van der Waals surface area contributed by atoms with Crippen molar-refractivity contribution in [2.24, 2.45) is 0 Å². The van der Waals surface area contributed by atoms with Crippen LogP contribution in [0, 0.1) is 0 Å². The first-order chi connectivity index (χ1) is 6.66. The number of cyclic esters (lactones) is 1. The van der Waals surface area contributed by atoms with Crippen molar-refractivity contribution in [2.45, 2.75) is 6.04 Å². The van der Waals surface area contributed by atoms with E-state index in [0.29, 0.717) is 10.6 Å². The fourth-order valence-corrected chi connectivity index (χ4v) is 1.54. The highest BCUT2D eigenvalue weighted by atomic mass is 35.5. The summed E-state index contributed by atoms with van der Waals surface area (Å²) in [5.74, 6) is 0.102. The van der Waals surface area contributed by atoms with Crippen LogP contribution in [-0.4, -0.2) is 17.8 Å². The maximum atomic E-state index is 10.8. The molecule has 1 aliphatic rings. The minimum absolute atomic E-state index is 0.102. The van der Waals surface area contributed by atoms with Gasteiger partial charge in [0, 0.05) is 10.6 Å². The number of carbonyl (C=O) groups is 1. The molecule has 1 aromatic carbocycles. The maximum Gasteiger partial charge on any atom is 0.407 e. The third kappa shape index (κ3) is 1.61. The minimum Gasteiger partial charge on any atom is -0.508 e. The molecule has 1 aromatic rings. The van der Waals surface area contributed by atoms with Gasteiger partial charge in [-0.3, -0.25) is 0 Å². The molecule has 0 radical (unpaired) electrons. The van der Waals surface area contributed by atoms with Crippen LogP contribution < -0.4 is 5.32 Å². The number of hydrogen-bond donors (Lipinski definition) is 2. The van der Waals surface area contributed by atoms with Crippen LogP contribution in [0.4, 0.5) is 4.79 Å². The van der Waals surface area contributed by atoms with E-state index in [2.05, 4.69) is 5.32 Å². The van der Waals surface area contributed by atoms with Gasteiger partial charge in [-0.15, -0.1) is 0 Å². The molecule has 0 unspecified atom stereocenters. The number of hydrogen-bond acceptors (Lipinski definition) is 3. The van der Waals surface area contributed by atoms with E-state index >= 15 is 0 Å². The van der Waals surface area contributed by atoms with E-state index in [9.17, 15) is 9.90 Å². The van der Waals surface area contributed by atoms with Crippen LogP contribution in [-0.2, 0) is 4.74 Å². The van der Waals surface area contributed by atoms with Gasteiger partial charge in [-0.25, -0.2) is 4.79 Å². The summed E-state index contributed by atoms with van der Waals surface area (Å²) in [6.45, 7) is 0.215. The maximum absolute atomic E-state index is 10.8. The van der Waals surface area contributed by atoms with E-state index in [1.807, 2.05) is 0 Å². The van der Waals surface area contributed by atoms with Crippen LogP contribution in [0.15, 0.2) is 18.2 Å². The number of amides is 1. The first-order valence-electron chi connectivity index (χ1n) is 4.08. The first-order valence-corrected chi connectivity index (χ1v) is 4.46. The van der Waals surface area contributed by atoms with E-state index in [1.54, 1.807) is 12.1 Å². The lowest BCUT2D eigenvalue weighted by Crippen LogP contribution is -2.18. The van der Waals surface area contributed by atoms with E-state index in [0.717, 1.165) is 0 Å². The summed E-state index contributed by atoms with van der Waals surface area (Å²) in [6.07, 6.45) is -0.477. The molecule has 5 heteroatoms. The van der Waals surface area contributed by atoms with Crippen molar-refractivity contribution < 1.29 is 14.6 Å². The number of phenols is 1. The Hall–Kier alpha value is -1.42. The topological polar surface area (TPSA) is 58.6 Å². The van der Waals surface area contributed by atoms with Crippen molar-refractivity contribution in [2.75, 3.05) is 6.61 Å². The summed E-state index contributed by atoms with van der Waals surface area (Å²) in [6, 6.07) is 4.36. The standard InChI is InChI=1S/C9H8ClNO3/c10-5-1-2-8(12)6(3-5)7-4-14-9(13)11-7/h1-3,7,12H,4H2,(H,11,13)/t7-/m1/s1. The van der Waals surface area contributed by atoms with Crippen molar-refractivity contribution in [3.05, 3.63) is 28.8 Å². The Bertz CT molecular complexity index is 380. The molecule has 14 heavy (non-hydrogen) atoms. The zero-order valence-corrected chi connectivity index (χ0v) is 7.91. The second-order valence-corrected chi connectivity index (χ2v) is 3.43. The van der Waals surface area contributed by atoms with E-state index in [1.165, 1.54) is 6.07 Å². The minimum atomic E-state index is -0.477. The van der Waals surface area contributed by atoms with Crippen LogP contribution >= 0.6 is 11.6 Å². The summed E-state index contributed by atoms with van der Waals surface area (Å²) < 4.78 is 4.71. The molecular weight excluding hydrogens is 206 g/mol. The Balaban J connectivity index is 2.31. The Morgan fingerprint density at radius 1 is 1.57 bits per heavy atom. The average molecular weight is 214 g/mol. The molecule has 1 amide bonds. The Kier molecular flexibility index (Phi) is 2.21. The van der Waals surface area contributed by atoms with Crippen molar-refractivity contribution in [1.82, 2.24) is 5.32 Å². The van der Waals surface area contributed by atoms with Gasteiger partial charge in [0.2, 0.25) is 0 Å². The summed E-state index contributed by atoms with van der Waals surface area (Å²) in [5, 5.41) is 12.6. The molecule has 1 saturated heterocycles. The largest absolute Gasteiger partial charge is 0.508 e. The molecule has 0 aliphatic carbocycles. The number of nitrogens with one attached hydrogen (secondary N) is 1. The summed E-state index contributed by atoms with van der Waals surface area (Å²) in [7, 11) is 0. The fraction of sp³-hybridized carbons (Fsp3) is 0.222. The fourth-order valence-electron chi connectivity index (χ4n) is 1.36. The lowest BCUT2D eigenvalue weighted by molar-refractivity contribution is 0.177. The normalized spacial score (nSPS) is 20.4. The monoisotopic (exact) mass is 213 g/mol. The summed E-state index contributed by atoms with van der Waals surface area (Å²) in [5.41, 5.74) is 0.573. The number of aromatic hydroxyl groups is 1. The van der Waals surface area contributed by atoms with Gasteiger partial charge >= 0.3 is 6.09 Å². The number of alkyl carbamates (subject to hydrolysis) is 1. The summed E-state index contributed by atoms with van der Waals surface area (Å²) in [4.78, 5) is 10.8. The van der Waals surface area contributed by atoms with Crippen molar-refractivity contribution in [1.29, 1.82) is 0 Å². The number of phenolic OH excluding ortho intramolecular Hbond substituents is 1. The smallest absolute Gasteiger partial charge is 0.407 e. The van der Waals surface area contributed by atoms with Gasteiger partial charge in [0.25, 0.3) is 0 Å². The SMILES string of the molecule is O=C1N[C@@H](c2cc(Cl)ccc2O)CO1. The average Bonchev–Trinajstić information content (AvgIpc) is 2.56. The van der Waals surface area contributed by atoms with Crippen LogP contribution in [0.2, 0.25) is 5.02 Å². The van der Waals surface area contributed by atoms with Gasteiger partial charge in [0.05, 0.1) is 6.04 Å². The predicted octanol–water partition coefficient (Wildman–Crippen LogP) is 1.83. The molecule has 0 saturated carbocycles. The molecule has 74 valence electrons. The lowest BCUT2D eigenvalue weighted by atomic mass is 10.1. The lowest BCUT2D eigenvalue weighted by Gasteiger charge is -2.09. The second-order valence-electron chi connectivity index (χ2n) is 3.00. The zero-order valence-electron chi connectivity index (χ0n) is 7.16. The molecule has 2 N–H and O–H groups in total. The molecular formula is C9H8ClNO3. The number of benzene rings is 1. The Labute approximate surface area is 85.4 Å². The highest BCUT2D eigenvalue weighted by molar-refractivity contribution is 6.30. The zero-order chi connectivity index (χ0) is 10.1. The van der Waals surface area contributed by atoms with Crippen LogP contribution in [0.3, 0.4) is 0 Å². The molecule has 1 fully saturated rings. The van der Waals surface area contributed by atoms with Gasteiger partial charge in [-0.2, -0.15) is 0 Å². The molecule has 0 spiro atoms. The number of halogens is 1. The van der Waals surface area contributed by atoms with Crippen LogP contribution in [0.5, 0.6) is 5.75 Å². The van der Waals surface area contributed by atoms with Gasteiger partial charge in [0.1, 0.15) is 12.4 Å². The van der Waals surface area contributed by atoms with Crippen LogP contribution in [0.1, 0.15) is 11.6 Å². The van der Waals surface area contributed by atoms with E-state index < -0.39 is 6.09 Å². The van der Waals surface area contributed by atoms with Gasteiger partial charge in [0.15, 0.2) is 0 Å². The predicted molar refractivity (Wildman–Crippen MR) is 50.3 cm³/mol. The Morgan fingerprint density at radius 3 is 3.00 bits per heavy atom. The molecule has 1 aliphatic heterocycles. The second kappa shape index (κ2) is 3.38. The number of rotatable bonds is 1. The van der Waals surface area contributed by atoms with Gasteiger partial charge in [-0.05, 0) is 18.2 Å². The van der Waals surface area contributed by atoms with Gasteiger partial charge in [-0.1, -0.05) is 11.6 Å². The van der Waals surface area contributed by atoms with E-state index in [4.69, 9.17) is 16.3 Å². The van der Waals surface area contributed by atoms with Crippen LogP contribution in [0.25, 0.3) is 0 Å². The molecule has 1 atom stereocenters. The highest BCUT2D eigenvalue weighted by Crippen LogP contribution is 2.29. The molecule has 0 bridgehead atoms. The van der Waals surface area contributed by atoms with Crippen molar-refractivity contribution in [3.8, 4) is 5.75 Å². The third-order valence-corrected chi connectivity index (χ3v) is 2.27. The summed E-state index contributed by atoms with van der Waals surface area (Å²) >= 11 is 5.77.